The molecule has 4 nitrogen and oxygen atoms in total. The number of halogens is 3. The average molecular weight is 475 g/mol. The van der Waals surface area contributed by atoms with Crippen molar-refractivity contribution in [2.45, 2.75) is 12.8 Å². The number of fused-ring (bicyclic) bond motifs is 2. The summed E-state index contributed by atoms with van der Waals surface area (Å²) in [5, 5.41) is 5.88. The van der Waals surface area contributed by atoms with Crippen LogP contribution < -0.4 is 10.1 Å². The molecule has 27 heavy (non-hydrogen) atoms. The second-order valence-corrected chi connectivity index (χ2v) is 7.38. The van der Waals surface area contributed by atoms with Gasteiger partial charge < -0.3 is 15.0 Å². The molecule has 3 rings (SSSR count). The van der Waals surface area contributed by atoms with E-state index in [4.69, 9.17) is 9.72 Å². The highest BCUT2D eigenvalue weighted by molar-refractivity contribution is 9.10. The minimum absolute atomic E-state index is 0. The van der Waals surface area contributed by atoms with E-state index in [-0.39, 0.29) is 24.8 Å². The molecule has 1 N–H and O–H groups in total. The molecule has 3 aromatic rings. The van der Waals surface area contributed by atoms with Gasteiger partial charge in [-0.05, 0) is 69.9 Å². The van der Waals surface area contributed by atoms with Gasteiger partial charge in [0.25, 0.3) is 0 Å². The summed E-state index contributed by atoms with van der Waals surface area (Å²) in [6, 6.07) is 12.3. The predicted octanol–water partition coefficient (Wildman–Crippen LogP) is 5.76. The van der Waals surface area contributed by atoms with Gasteiger partial charge in [-0.1, -0.05) is 15.9 Å². The van der Waals surface area contributed by atoms with Crippen molar-refractivity contribution < 1.29 is 4.74 Å². The topological polar surface area (TPSA) is 37.4 Å². The highest BCUT2D eigenvalue weighted by Gasteiger charge is 2.10. The van der Waals surface area contributed by atoms with Crippen LogP contribution >= 0.6 is 40.7 Å². The molecule has 7 heteroatoms. The molecule has 0 radical (unpaired) electrons. The summed E-state index contributed by atoms with van der Waals surface area (Å²) >= 11 is 3.55. The number of anilines is 1. The van der Waals surface area contributed by atoms with E-state index in [1.807, 2.05) is 12.1 Å². The fourth-order valence-electron chi connectivity index (χ4n) is 2.98. The van der Waals surface area contributed by atoms with Crippen LogP contribution in [0.2, 0.25) is 0 Å². The van der Waals surface area contributed by atoms with Crippen LogP contribution in [-0.2, 0) is 0 Å². The molecule has 2 aromatic carbocycles. The van der Waals surface area contributed by atoms with Crippen LogP contribution in [0.5, 0.6) is 5.75 Å². The van der Waals surface area contributed by atoms with E-state index in [1.165, 1.54) is 6.42 Å². The molecule has 0 atom stereocenters. The van der Waals surface area contributed by atoms with E-state index in [1.54, 1.807) is 7.11 Å². The Morgan fingerprint density at radius 1 is 1.00 bits per heavy atom. The van der Waals surface area contributed by atoms with Crippen LogP contribution in [0, 0.1) is 0 Å². The monoisotopic (exact) mass is 473 g/mol. The zero-order valence-electron chi connectivity index (χ0n) is 15.8. The number of hydrogen-bond acceptors (Lipinski definition) is 4. The molecule has 0 unspecified atom stereocenters. The van der Waals surface area contributed by atoms with Gasteiger partial charge in [-0.2, -0.15) is 0 Å². The first-order chi connectivity index (χ1) is 12.1. The van der Waals surface area contributed by atoms with Crippen molar-refractivity contribution in [2.24, 2.45) is 0 Å². The quantitative estimate of drug-likeness (QED) is 0.349. The summed E-state index contributed by atoms with van der Waals surface area (Å²) in [6.07, 6.45) is 2.31. The van der Waals surface area contributed by atoms with E-state index in [0.717, 1.165) is 57.2 Å². The summed E-state index contributed by atoms with van der Waals surface area (Å²) in [4.78, 5) is 7.03. The molecule has 0 bridgehead atoms. The van der Waals surface area contributed by atoms with E-state index in [0.29, 0.717) is 0 Å². The van der Waals surface area contributed by atoms with Gasteiger partial charge >= 0.3 is 0 Å². The van der Waals surface area contributed by atoms with Gasteiger partial charge in [0.1, 0.15) is 5.75 Å². The second kappa shape index (κ2) is 10.9. The van der Waals surface area contributed by atoms with Crippen molar-refractivity contribution >= 4 is 68.2 Å². The number of nitrogens with one attached hydrogen (secondary N) is 1. The Bertz CT molecular complexity index is 890. The zero-order chi connectivity index (χ0) is 17.8. The first-order valence-corrected chi connectivity index (χ1v) is 9.33. The molecular formula is C20H26BrCl2N3O. The van der Waals surface area contributed by atoms with E-state index >= 15 is 0 Å². The maximum absolute atomic E-state index is 5.41. The third-order valence-electron chi connectivity index (χ3n) is 4.28. The lowest BCUT2D eigenvalue weighted by atomic mass is 10.1. The van der Waals surface area contributed by atoms with Gasteiger partial charge in [0, 0.05) is 21.8 Å². The number of aromatic nitrogens is 1. The van der Waals surface area contributed by atoms with Gasteiger partial charge in [0.2, 0.25) is 0 Å². The summed E-state index contributed by atoms with van der Waals surface area (Å²) in [5.74, 6) is 0.849. The van der Waals surface area contributed by atoms with Crippen LogP contribution in [0.1, 0.15) is 12.8 Å². The van der Waals surface area contributed by atoms with Crippen molar-refractivity contribution in [3.63, 3.8) is 0 Å². The van der Waals surface area contributed by atoms with Gasteiger partial charge in [-0.3, -0.25) is 0 Å². The van der Waals surface area contributed by atoms with Crippen LogP contribution in [0.4, 0.5) is 5.69 Å². The van der Waals surface area contributed by atoms with Crippen LogP contribution in [-0.4, -0.2) is 44.2 Å². The Morgan fingerprint density at radius 2 is 1.78 bits per heavy atom. The summed E-state index contributed by atoms with van der Waals surface area (Å²) in [6.45, 7) is 2.05. The van der Waals surface area contributed by atoms with Crippen molar-refractivity contribution in [3.05, 3.63) is 40.9 Å². The number of unbranched alkanes of at least 4 members (excludes halogenated alkanes) is 1. The highest BCUT2D eigenvalue weighted by atomic mass is 79.9. The van der Waals surface area contributed by atoms with E-state index in [9.17, 15) is 0 Å². The number of ether oxygens (including phenoxy) is 1. The number of nitrogens with zero attached hydrogens (tertiary/aromatic N) is 2. The molecule has 0 aliphatic rings. The Balaban J connectivity index is 0.00000182. The Hall–Kier alpha value is -1.27. The molecule has 0 spiro atoms. The lowest BCUT2D eigenvalue weighted by molar-refractivity contribution is 0.396. The summed E-state index contributed by atoms with van der Waals surface area (Å²) in [5.41, 5.74) is 3.10. The Labute approximate surface area is 181 Å². The van der Waals surface area contributed by atoms with Crippen molar-refractivity contribution in [2.75, 3.05) is 39.6 Å². The molecular weight excluding hydrogens is 449 g/mol. The molecule has 1 aromatic heterocycles. The Kier molecular flexibility index (Phi) is 9.60. The molecule has 1 heterocycles. The minimum Gasteiger partial charge on any atom is -0.497 e. The number of benzene rings is 2. The summed E-state index contributed by atoms with van der Waals surface area (Å²) in [7, 11) is 5.92. The maximum atomic E-state index is 5.41. The molecule has 0 saturated carbocycles. The fourth-order valence-corrected chi connectivity index (χ4v) is 3.33. The van der Waals surface area contributed by atoms with Gasteiger partial charge in [0.05, 0.1) is 23.8 Å². The molecule has 148 valence electrons. The predicted molar refractivity (Wildman–Crippen MR) is 124 cm³/mol. The van der Waals surface area contributed by atoms with Crippen molar-refractivity contribution in [3.8, 4) is 5.75 Å². The zero-order valence-corrected chi connectivity index (χ0v) is 19.0. The molecule has 0 aliphatic carbocycles. The van der Waals surface area contributed by atoms with E-state index in [2.05, 4.69) is 64.5 Å². The number of hydrogen-bond donors (Lipinski definition) is 1. The van der Waals surface area contributed by atoms with Crippen LogP contribution in [0.3, 0.4) is 0 Å². The highest BCUT2D eigenvalue weighted by Crippen LogP contribution is 2.34. The molecule has 0 aliphatic heterocycles. The normalized spacial score (nSPS) is 10.6. The minimum atomic E-state index is 0. The lowest BCUT2D eigenvalue weighted by Gasteiger charge is -2.15. The van der Waals surface area contributed by atoms with Gasteiger partial charge in [-0.15, -0.1) is 24.8 Å². The average Bonchev–Trinajstić information content (AvgIpc) is 2.59. The van der Waals surface area contributed by atoms with Crippen LogP contribution in [0.25, 0.3) is 21.8 Å². The third-order valence-corrected chi connectivity index (χ3v) is 4.77. The van der Waals surface area contributed by atoms with Crippen molar-refractivity contribution in [1.29, 1.82) is 0 Å². The molecule has 0 saturated heterocycles. The van der Waals surface area contributed by atoms with Crippen molar-refractivity contribution in [1.82, 2.24) is 9.88 Å². The van der Waals surface area contributed by atoms with Gasteiger partial charge in [0.15, 0.2) is 0 Å². The third kappa shape index (κ3) is 5.85. The fraction of sp³-hybridized carbons (Fsp3) is 0.350. The maximum Gasteiger partial charge on any atom is 0.119 e. The SMILES string of the molecule is COc1ccc2nc3cc(Br)ccc3c(NCCCCN(C)C)c2c1.Cl.Cl. The first kappa shape index (κ1) is 23.8. The van der Waals surface area contributed by atoms with E-state index < -0.39 is 0 Å². The van der Waals surface area contributed by atoms with Gasteiger partial charge in [-0.25, -0.2) is 4.98 Å². The molecule has 0 fully saturated rings. The van der Waals surface area contributed by atoms with Crippen LogP contribution in [0.15, 0.2) is 40.9 Å². The second-order valence-electron chi connectivity index (χ2n) is 6.47. The number of rotatable bonds is 7. The largest absolute Gasteiger partial charge is 0.497 e. The molecule has 0 amide bonds. The number of pyridine rings is 1. The smallest absolute Gasteiger partial charge is 0.119 e. The number of methoxy groups -OCH3 is 1. The Morgan fingerprint density at radius 3 is 2.48 bits per heavy atom. The summed E-state index contributed by atoms with van der Waals surface area (Å²) < 4.78 is 6.45. The first-order valence-electron chi connectivity index (χ1n) is 8.54. The lowest BCUT2D eigenvalue weighted by Crippen LogP contribution is -2.14. The standard InChI is InChI=1S/C20H24BrN3O.2ClH/c1-24(2)11-5-4-10-22-20-16-8-6-14(21)12-19(16)23-18-9-7-15(25-3)13-17(18)20;;/h6-9,12-13H,4-5,10-11H2,1-3H3,(H,22,23);2*1H.